The van der Waals surface area contributed by atoms with Crippen molar-refractivity contribution in [2.75, 3.05) is 0 Å². The van der Waals surface area contributed by atoms with Crippen LogP contribution in [0.5, 0.6) is 0 Å². The van der Waals surface area contributed by atoms with Crippen molar-refractivity contribution in [3.63, 3.8) is 0 Å². The van der Waals surface area contributed by atoms with Crippen LogP contribution in [0.4, 0.5) is 9.24 Å². The Bertz CT molecular complexity index is 33.4. The molecular formula is C2H3F4Pu-. The molecule has 0 aromatic carbocycles. The first kappa shape index (κ1) is 10.4. The first-order valence-corrected chi connectivity index (χ1v) is 6.17. The van der Waals surface area contributed by atoms with E-state index in [0.717, 1.165) is 0 Å². The average Bonchev–Trinajstić information content (AvgIpc) is 1.36. The maximum atomic E-state index is 9.91. The minimum absolute atomic E-state index is 2.75. The second-order valence-corrected chi connectivity index (χ2v) is 3.26. The predicted octanol–water partition coefficient (Wildman–Crippen LogP) is 2.29. The van der Waals surface area contributed by atoms with Crippen LogP contribution in [0.3, 0.4) is 0 Å². The molecule has 0 aliphatic rings. The third kappa shape index (κ3) is 638. The van der Waals surface area contributed by atoms with Crippen LogP contribution in [0.1, 0.15) is 0 Å². The topological polar surface area (TPSA) is 0 Å². The van der Waals surface area contributed by atoms with Crippen LogP contribution in [0.2, 0.25) is 0 Å². The van der Waals surface area contributed by atoms with E-state index in [1.54, 1.807) is 0 Å². The van der Waals surface area contributed by atoms with Crippen molar-refractivity contribution in [2.45, 2.75) is 0 Å². The molecule has 0 nitrogen and oxygen atoms in total. The first-order chi connectivity index (χ1) is 3.00. The molecule has 0 fully saturated rings. The summed E-state index contributed by atoms with van der Waals surface area (Å²) < 4.78 is 39.6. The molecule has 7 heavy (non-hydrogen) atoms. The van der Waals surface area contributed by atoms with Crippen molar-refractivity contribution < 1.29 is 34.6 Å². The molecule has 0 spiro atoms. The second-order valence-electron chi connectivity index (χ2n) is 0.350. The summed E-state index contributed by atoms with van der Waals surface area (Å²) in [6.45, 7) is 7.00. The van der Waals surface area contributed by atoms with E-state index in [2.05, 4.69) is 13.2 Å². The summed E-state index contributed by atoms with van der Waals surface area (Å²) in [5.74, 6) is 0. The van der Waals surface area contributed by atoms with Gasteiger partial charge in [-0.1, -0.05) is 0 Å². The number of halogens is 4. The molecule has 0 heterocycles. The fourth-order valence-electron chi connectivity index (χ4n) is 0. The second kappa shape index (κ2) is 4.60. The minimum atomic E-state index is -7.26. The molecule has 0 aromatic heterocycles. The van der Waals surface area contributed by atoms with Crippen molar-refractivity contribution in [3.8, 4) is 0 Å². The van der Waals surface area contributed by atoms with Crippen molar-refractivity contribution >= 4 is 0 Å². The van der Waals surface area contributed by atoms with Gasteiger partial charge in [0.1, 0.15) is 0 Å². The summed E-state index contributed by atoms with van der Waals surface area (Å²) in [4.78, 5) is 0. The molecule has 0 radical (unpaired) electrons. The van der Waals surface area contributed by atoms with E-state index in [4.69, 9.17) is 0 Å². The quantitative estimate of drug-likeness (QED) is 0.466. The van der Waals surface area contributed by atoms with Gasteiger partial charge in [0.2, 0.25) is 0 Å². The van der Waals surface area contributed by atoms with E-state index in [1.807, 2.05) is 0 Å². The van der Waals surface area contributed by atoms with Gasteiger partial charge in [0, 0.05) is 0 Å². The summed E-state index contributed by atoms with van der Waals surface area (Å²) in [6, 6.07) is 0. The zero-order chi connectivity index (χ0) is 6.50. The zero-order valence-electron chi connectivity index (χ0n) is 3.20. The number of hydrogen-bond donors (Lipinski definition) is 0. The van der Waals surface area contributed by atoms with E-state index < -0.39 is 25.3 Å². The van der Waals surface area contributed by atoms with Crippen LogP contribution < -0.4 is 0 Å². The van der Waals surface area contributed by atoms with Gasteiger partial charge in [0.25, 0.3) is 0 Å². The molecular weight excluding hydrogens is 344 g/mol. The molecule has 0 atom stereocenters. The van der Waals surface area contributed by atoms with Gasteiger partial charge >= 0.3 is 34.6 Å². The first-order valence-electron chi connectivity index (χ1n) is 1.03. The van der Waals surface area contributed by atoms with Gasteiger partial charge in [0.15, 0.2) is 0 Å². The Morgan fingerprint density at radius 1 is 1.00 bits per heavy atom. The maximum absolute atomic E-state index is 9.91. The van der Waals surface area contributed by atoms with Gasteiger partial charge in [-0.2, -0.15) is 0 Å². The molecule has 0 aliphatic heterocycles. The Balaban J connectivity index is 0. The molecule has 5 heteroatoms. The third-order valence-corrected chi connectivity index (χ3v) is 0. The SMILES string of the molecule is [CH-]=C.[F][Pu]([F])([F])[F]. The predicted molar refractivity (Wildman–Crippen MR) is 14.4 cm³/mol. The van der Waals surface area contributed by atoms with Gasteiger partial charge < -0.3 is 6.58 Å². The van der Waals surface area contributed by atoms with Crippen LogP contribution in [0.25, 0.3) is 0 Å². The summed E-state index contributed by atoms with van der Waals surface area (Å²) >= 11 is -7.26. The molecule has 0 amide bonds. The van der Waals surface area contributed by atoms with Crippen LogP contribution in [-0.2, 0) is 0 Å². The fourth-order valence-corrected chi connectivity index (χ4v) is 0. The normalized spacial score (nSPS) is 9.14. The molecule has 0 N–H and O–H groups in total. The van der Waals surface area contributed by atoms with E-state index in [1.165, 1.54) is 0 Å². The van der Waals surface area contributed by atoms with Gasteiger partial charge in [0.05, 0.1) is 0 Å². The Morgan fingerprint density at radius 2 is 1.00 bits per heavy atom. The zero-order valence-corrected chi connectivity index (χ0v) is 6.60. The Hall–Kier alpha value is 0.447. The fraction of sp³-hybridized carbons (Fsp3) is 0. The van der Waals surface area contributed by atoms with Crippen molar-refractivity contribution in [2.24, 2.45) is 0 Å². The monoisotopic (exact) mass is 341 g/mol. The van der Waals surface area contributed by atoms with E-state index in [0.29, 0.717) is 0 Å². The summed E-state index contributed by atoms with van der Waals surface area (Å²) in [7, 11) is 0. The Morgan fingerprint density at radius 3 is 1.00 bits per heavy atom. The van der Waals surface area contributed by atoms with Gasteiger partial charge in [-0.3, -0.25) is 6.58 Å². The van der Waals surface area contributed by atoms with Crippen LogP contribution in [-0.4, -0.2) is 0 Å². The molecule has 0 rings (SSSR count). The van der Waals surface area contributed by atoms with Crippen LogP contribution >= 0.6 is 0 Å². The van der Waals surface area contributed by atoms with Gasteiger partial charge in [-0.15, -0.1) is 0 Å². The molecule has 0 aliphatic carbocycles. The summed E-state index contributed by atoms with van der Waals surface area (Å²) in [5, 5.41) is 0. The van der Waals surface area contributed by atoms with E-state index in [9.17, 15) is 9.24 Å². The van der Waals surface area contributed by atoms with Gasteiger partial charge in [-0.25, -0.2) is 0 Å². The molecule has 46 valence electrons. The van der Waals surface area contributed by atoms with Crippen molar-refractivity contribution in [1.82, 2.24) is 0 Å². The van der Waals surface area contributed by atoms with E-state index in [-0.39, 0.29) is 0 Å². The molecule has 0 unspecified atom stereocenters. The third-order valence-electron chi connectivity index (χ3n) is 0. The summed E-state index contributed by atoms with van der Waals surface area (Å²) in [5.41, 5.74) is 0. The standard InChI is InChI=1S/C2H3.4FH.Pu/c1-2;;;;;/h1H,2H2;4*1H;/q-1;;;;;+4/p-4. The Labute approximate surface area is 48.0 Å². The van der Waals surface area contributed by atoms with Gasteiger partial charge in [-0.05, 0) is 0 Å². The molecule has 0 saturated carbocycles. The van der Waals surface area contributed by atoms with Crippen molar-refractivity contribution in [1.29, 1.82) is 0 Å². The van der Waals surface area contributed by atoms with Crippen LogP contribution in [0.15, 0.2) is 6.58 Å². The van der Waals surface area contributed by atoms with E-state index >= 15 is 0 Å². The number of rotatable bonds is 0. The number of hydrogen-bond acceptors (Lipinski definition) is 0. The van der Waals surface area contributed by atoms with Crippen molar-refractivity contribution in [3.05, 3.63) is 13.2 Å². The Kier molecular flexibility index (Phi) is 6.86. The molecule has 0 aromatic rings. The summed E-state index contributed by atoms with van der Waals surface area (Å²) in [6.07, 6.45) is 0. The van der Waals surface area contributed by atoms with Crippen LogP contribution in [0, 0.1) is 31.9 Å². The molecule has 0 bridgehead atoms. The average molecular weight is 347 g/mol. The molecule has 0 saturated heterocycles.